The van der Waals surface area contributed by atoms with Crippen LogP contribution in [0.4, 0.5) is 4.79 Å². The van der Waals surface area contributed by atoms with E-state index in [1.807, 2.05) is 0 Å². The predicted octanol–water partition coefficient (Wildman–Crippen LogP) is 4.06. The average molecular weight is 370 g/mol. The molecule has 0 radical (unpaired) electrons. The molecule has 1 atom stereocenters. The minimum Gasteiger partial charge on any atom is -0.480 e. The molecule has 0 unspecified atom stereocenters. The SMILES string of the molecule is CC(C)(C)OC(=O)N[C@](C)(CCCC(=O)c1ccc(Cl)cc1)C(=O)O. The van der Waals surface area contributed by atoms with E-state index in [9.17, 15) is 19.5 Å². The standard InChI is InChI=1S/C18H24ClNO5/c1-17(2,3)25-16(24)20-18(4,15(22)23)11-5-6-14(21)12-7-9-13(19)10-8-12/h7-10H,5-6,11H2,1-4H3,(H,20,24)(H,22,23)/t18-/m1/s1. The van der Waals surface area contributed by atoms with Gasteiger partial charge in [0.15, 0.2) is 5.78 Å². The molecule has 1 aromatic carbocycles. The zero-order chi connectivity index (χ0) is 19.3. The van der Waals surface area contributed by atoms with Gasteiger partial charge in [0.2, 0.25) is 0 Å². The molecule has 0 aromatic heterocycles. The summed E-state index contributed by atoms with van der Waals surface area (Å²) in [6.07, 6.45) is -0.233. The molecule has 0 heterocycles. The van der Waals surface area contributed by atoms with E-state index in [4.69, 9.17) is 16.3 Å². The summed E-state index contributed by atoms with van der Waals surface area (Å²) >= 11 is 5.78. The quantitative estimate of drug-likeness (QED) is 0.707. The normalized spacial score (nSPS) is 13.6. The third-order valence-corrected chi connectivity index (χ3v) is 3.75. The lowest BCUT2D eigenvalue weighted by Crippen LogP contribution is -2.53. The Hall–Kier alpha value is -2.08. The molecule has 25 heavy (non-hydrogen) atoms. The van der Waals surface area contributed by atoms with Gasteiger partial charge < -0.3 is 15.2 Å². The molecule has 0 saturated carbocycles. The molecular weight excluding hydrogens is 346 g/mol. The number of carboxylic acid groups (broad SMARTS) is 1. The molecule has 0 bridgehead atoms. The van der Waals surface area contributed by atoms with Crippen LogP contribution >= 0.6 is 11.6 Å². The summed E-state index contributed by atoms with van der Waals surface area (Å²) in [6, 6.07) is 6.50. The molecule has 0 aliphatic carbocycles. The number of carboxylic acids is 1. The van der Waals surface area contributed by atoms with Gasteiger partial charge in [-0.2, -0.15) is 0 Å². The van der Waals surface area contributed by atoms with Crippen LogP contribution in [-0.4, -0.2) is 34.1 Å². The summed E-state index contributed by atoms with van der Waals surface area (Å²) in [7, 11) is 0. The van der Waals surface area contributed by atoms with E-state index < -0.39 is 23.2 Å². The van der Waals surface area contributed by atoms with Gasteiger partial charge in [0, 0.05) is 17.0 Å². The molecule has 0 fully saturated rings. The molecule has 1 rings (SSSR count). The molecule has 0 aliphatic heterocycles. The second-order valence-electron chi connectivity index (χ2n) is 7.05. The lowest BCUT2D eigenvalue weighted by molar-refractivity contribution is -0.144. The van der Waals surface area contributed by atoms with Gasteiger partial charge in [-0.3, -0.25) is 4.79 Å². The van der Waals surface area contributed by atoms with Crippen LogP contribution in [0.1, 0.15) is 57.3 Å². The molecule has 2 N–H and O–H groups in total. The number of Topliss-reactive ketones (excluding diaryl/α,β-unsaturated/α-hetero) is 1. The van der Waals surface area contributed by atoms with Crippen LogP contribution in [-0.2, 0) is 9.53 Å². The van der Waals surface area contributed by atoms with Crippen LogP contribution in [0.2, 0.25) is 5.02 Å². The largest absolute Gasteiger partial charge is 0.480 e. The lowest BCUT2D eigenvalue weighted by Gasteiger charge is -2.28. The van der Waals surface area contributed by atoms with Gasteiger partial charge in [-0.15, -0.1) is 0 Å². The molecule has 1 aromatic rings. The Morgan fingerprint density at radius 3 is 2.16 bits per heavy atom. The summed E-state index contributed by atoms with van der Waals surface area (Å²) in [5, 5.41) is 12.3. The van der Waals surface area contributed by atoms with Crippen molar-refractivity contribution in [2.24, 2.45) is 0 Å². The van der Waals surface area contributed by atoms with E-state index in [0.29, 0.717) is 17.0 Å². The number of carbonyl (C=O) groups excluding carboxylic acids is 2. The monoisotopic (exact) mass is 369 g/mol. The van der Waals surface area contributed by atoms with Crippen LogP contribution in [0.3, 0.4) is 0 Å². The molecule has 0 saturated heterocycles. The number of halogens is 1. The Morgan fingerprint density at radius 2 is 1.68 bits per heavy atom. The smallest absolute Gasteiger partial charge is 0.408 e. The van der Waals surface area contributed by atoms with E-state index in [1.54, 1.807) is 45.0 Å². The molecule has 1 amide bonds. The Labute approximate surface area is 152 Å². The van der Waals surface area contributed by atoms with Crippen LogP contribution in [0, 0.1) is 0 Å². The maximum atomic E-state index is 12.1. The molecule has 0 aliphatic rings. The van der Waals surface area contributed by atoms with Crippen LogP contribution in [0.5, 0.6) is 0 Å². The van der Waals surface area contributed by atoms with E-state index >= 15 is 0 Å². The van der Waals surface area contributed by atoms with Crippen molar-refractivity contribution in [1.82, 2.24) is 5.32 Å². The number of alkyl carbamates (subject to hydrolysis) is 1. The highest BCUT2D eigenvalue weighted by Gasteiger charge is 2.36. The number of ketones is 1. The van der Waals surface area contributed by atoms with Crippen molar-refractivity contribution in [3.8, 4) is 0 Å². The number of aliphatic carboxylic acids is 1. The fraction of sp³-hybridized carbons (Fsp3) is 0.500. The Kier molecular flexibility index (Phi) is 6.99. The second-order valence-corrected chi connectivity index (χ2v) is 7.48. The van der Waals surface area contributed by atoms with Crippen molar-refractivity contribution >= 4 is 29.4 Å². The van der Waals surface area contributed by atoms with Crippen LogP contribution in [0.25, 0.3) is 0 Å². The number of amides is 1. The van der Waals surface area contributed by atoms with Gasteiger partial charge in [-0.25, -0.2) is 9.59 Å². The summed E-state index contributed by atoms with van der Waals surface area (Å²) in [5.41, 5.74) is -1.72. The first kappa shape index (κ1) is 21.0. The van der Waals surface area contributed by atoms with Crippen molar-refractivity contribution in [2.75, 3.05) is 0 Å². The first-order valence-electron chi connectivity index (χ1n) is 7.96. The van der Waals surface area contributed by atoms with E-state index in [1.165, 1.54) is 6.92 Å². The highest BCUT2D eigenvalue weighted by Crippen LogP contribution is 2.18. The molecule has 6 nitrogen and oxygen atoms in total. The maximum Gasteiger partial charge on any atom is 0.408 e. The fourth-order valence-electron chi connectivity index (χ4n) is 2.13. The molecule has 138 valence electrons. The minimum absolute atomic E-state index is 0.0981. The Morgan fingerprint density at radius 1 is 1.12 bits per heavy atom. The molecule has 7 heteroatoms. The van der Waals surface area contributed by atoms with Crippen molar-refractivity contribution in [3.05, 3.63) is 34.9 Å². The summed E-state index contributed by atoms with van der Waals surface area (Å²) in [5.74, 6) is -1.29. The summed E-state index contributed by atoms with van der Waals surface area (Å²) in [4.78, 5) is 35.5. The van der Waals surface area contributed by atoms with E-state index in [-0.39, 0.29) is 18.6 Å². The number of carbonyl (C=O) groups is 3. The van der Waals surface area contributed by atoms with Crippen LogP contribution < -0.4 is 5.32 Å². The van der Waals surface area contributed by atoms with Gasteiger partial charge in [-0.1, -0.05) is 11.6 Å². The van der Waals surface area contributed by atoms with Gasteiger partial charge in [0.05, 0.1) is 0 Å². The number of nitrogens with one attached hydrogen (secondary N) is 1. The van der Waals surface area contributed by atoms with Crippen LogP contribution in [0.15, 0.2) is 24.3 Å². The number of benzene rings is 1. The summed E-state index contributed by atoms with van der Waals surface area (Å²) in [6.45, 7) is 6.46. The third kappa shape index (κ3) is 7.13. The van der Waals surface area contributed by atoms with Crippen molar-refractivity contribution in [1.29, 1.82) is 0 Å². The van der Waals surface area contributed by atoms with Gasteiger partial charge in [0.1, 0.15) is 11.1 Å². The topological polar surface area (TPSA) is 92.7 Å². The van der Waals surface area contributed by atoms with Crippen molar-refractivity contribution in [3.63, 3.8) is 0 Å². The van der Waals surface area contributed by atoms with Crippen molar-refractivity contribution in [2.45, 2.75) is 58.1 Å². The van der Waals surface area contributed by atoms with E-state index in [2.05, 4.69) is 5.32 Å². The predicted molar refractivity (Wildman–Crippen MR) is 95.0 cm³/mol. The maximum absolute atomic E-state index is 12.1. The van der Waals surface area contributed by atoms with Gasteiger partial charge >= 0.3 is 12.1 Å². The highest BCUT2D eigenvalue weighted by atomic mass is 35.5. The number of ether oxygens (including phenoxy) is 1. The second kappa shape index (κ2) is 8.34. The van der Waals surface area contributed by atoms with E-state index in [0.717, 1.165) is 0 Å². The number of hydrogen-bond donors (Lipinski definition) is 2. The zero-order valence-corrected chi connectivity index (χ0v) is 15.6. The average Bonchev–Trinajstić information content (AvgIpc) is 2.45. The van der Waals surface area contributed by atoms with Gasteiger partial charge in [0.25, 0.3) is 0 Å². The minimum atomic E-state index is -1.51. The Bertz CT molecular complexity index is 636. The Balaban J connectivity index is 2.62. The molecular formula is C18H24ClNO5. The summed E-state index contributed by atoms with van der Waals surface area (Å²) < 4.78 is 5.10. The van der Waals surface area contributed by atoms with Gasteiger partial charge in [-0.05, 0) is 64.8 Å². The number of hydrogen-bond acceptors (Lipinski definition) is 4. The fourth-order valence-corrected chi connectivity index (χ4v) is 2.26. The molecule has 0 spiro atoms. The highest BCUT2D eigenvalue weighted by molar-refractivity contribution is 6.30. The first-order valence-corrected chi connectivity index (χ1v) is 8.34. The lowest BCUT2D eigenvalue weighted by atomic mass is 9.93. The third-order valence-electron chi connectivity index (χ3n) is 3.50. The first-order chi connectivity index (χ1) is 11.4. The zero-order valence-electron chi connectivity index (χ0n) is 14.9. The van der Waals surface area contributed by atoms with Crippen molar-refractivity contribution < 1.29 is 24.2 Å². The number of rotatable bonds is 7.